The summed E-state index contributed by atoms with van der Waals surface area (Å²) in [5, 5.41) is 7.98. The molecule has 0 aliphatic carbocycles. The zero-order valence-electron chi connectivity index (χ0n) is 8.36. The Hall–Kier alpha value is -0.740. The number of fused-ring (bicyclic) bond motifs is 3. The van der Waals surface area contributed by atoms with Crippen molar-refractivity contribution in [1.29, 1.82) is 0 Å². The van der Waals surface area contributed by atoms with Crippen LogP contribution in [0.25, 0.3) is 0 Å². The molecular formula is C10H15N3S. The molecule has 0 saturated carbocycles. The molecule has 4 heteroatoms. The predicted molar refractivity (Wildman–Crippen MR) is 61.4 cm³/mol. The Balaban J connectivity index is 1.91. The Labute approximate surface area is 88.3 Å². The molecule has 0 aromatic carbocycles. The topological polar surface area (TPSA) is 18.5 Å². The lowest BCUT2D eigenvalue weighted by Crippen LogP contribution is -2.56. The fraction of sp³-hybridized carbons (Fsp3) is 0.600. The normalized spacial score (nSPS) is 26.6. The Bertz CT molecular complexity index is 336. The summed E-state index contributed by atoms with van der Waals surface area (Å²) in [6.07, 6.45) is 0. The summed E-state index contributed by atoms with van der Waals surface area (Å²) < 4.78 is 0. The highest BCUT2D eigenvalue weighted by molar-refractivity contribution is 7.09. The molecule has 3 rings (SSSR count). The zero-order chi connectivity index (χ0) is 9.54. The number of thiophene rings is 1. The van der Waals surface area contributed by atoms with Gasteiger partial charge in [0.2, 0.25) is 0 Å². The molecule has 1 fully saturated rings. The first-order chi connectivity index (χ1) is 6.84. The van der Waals surface area contributed by atoms with E-state index in [1.165, 1.54) is 31.0 Å². The highest BCUT2D eigenvalue weighted by atomic mass is 32.1. The third kappa shape index (κ3) is 1.21. The first-order valence-electron chi connectivity index (χ1n) is 5.10. The van der Waals surface area contributed by atoms with Gasteiger partial charge in [0.1, 0.15) is 0 Å². The van der Waals surface area contributed by atoms with Crippen molar-refractivity contribution in [2.75, 3.05) is 43.4 Å². The van der Waals surface area contributed by atoms with Crippen molar-refractivity contribution < 1.29 is 0 Å². The van der Waals surface area contributed by atoms with Gasteiger partial charge in [-0.3, -0.25) is 0 Å². The van der Waals surface area contributed by atoms with E-state index in [9.17, 15) is 0 Å². The molecule has 1 aromatic rings. The van der Waals surface area contributed by atoms with E-state index in [1.807, 2.05) is 0 Å². The minimum Gasteiger partial charge on any atom is -0.381 e. The number of nitrogens with one attached hydrogen (secondary N) is 1. The molecule has 1 N–H and O–H groups in total. The highest BCUT2D eigenvalue weighted by Gasteiger charge is 2.30. The van der Waals surface area contributed by atoms with E-state index in [2.05, 4.69) is 32.9 Å². The Morgan fingerprint density at radius 2 is 2.36 bits per heavy atom. The quantitative estimate of drug-likeness (QED) is 0.694. The Kier molecular flexibility index (Phi) is 1.92. The SMILES string of the molecule is CN1CCN2c3cscc3NCC2C1. The number of hydrogen-bond acceptors (Lipinski definition) is 4. The van der Waals surface area contributed by atoms with Crippen molar-refractivity contribution in [2.45, 2.75) is 6.04 Å². The molecule has 0 radical (unpaired) electrons. The van der Waals surface area contributed by atoms with Crippen LogP contribution in [-0.4, -0.2) is 44.2 Å². The maximum Gasteiger partial charge on any atom is 0.0714 e. The minimum absolute atomic E-state index is 0.663. The van der Waals surface area contributed by atoms with E-state index >= 15 is 0 Å². The van der Waals surface area contributed by atoms with Crippen LogP contribution in [0.3, 0.4) is 0 Å². The molecule has 0 amide bonds. The summed E-state index contributed by atoms with van der Waals surface area (Å²) in [7, 11) is 2.21. The van der Waals surface area contributed by atoms with Gasteiger partial charge in [0, 0.05) is 36.9 Å². The van der Waals surface area contributed by atoms with E-state index in [1.54, 1.807) is 11.3 Å². The van der Waals surface area contributed by atoms with Crippen molar-refractivity contribution >= 4 is 22.7 Å². The average Bonchev–Trinajstić information content (AvgIpc) is 2.65. The van der Waals surface area contributed by atoms with Gasteiger partial charge >= 0.3 is 0 Å². The number of piperazine rings is 1. The van der Waals surface area contributed by atoms with Gasteiger partial charge in [-0.2, -0.15) is 0 Å². The summed E-state index contributed by atoms with van der Waals surface area (Å²) in [4.78, 5) is 4.97. The second kappa shape index (κ2) is 3.14. The molecule has 14 heavy (non-hydrogen) atoms. The molecule has 0 spiro atoms. The van der Waals surface area contributed by atoms with Crippen LogP contribution in [-0.2, 0) is 0 Å². The van der Waals surface area contributed by atoms with Gasteiger partial charge in [-0.15, -0.1) is 11.3 Å². The van der Waals surface area contributed by atoms with Crippen LogP contribution in [0.15, 0.2) is 10.8 Å². The molecule has 1 unspecified atom stereocenters. The number of rotatable bonds is 0. The molecular weight excluding hydrogens is 194 g/mol. The van der Waals surface area contributed by atoms with Crippen molar-refractivity contribution in [3.05, 3.63) is 10.8 Å². The third-order valence-electron chi connectivity index (χ3n) is 3.16. The fourth-order valence-electron chi connectivity index (χ4n) is 2.38. The van der Waals surface area contributed by atoms with Gasteiger partial charge in [0.25, 0.3) is 0 Å². The van der Waals surface area contributed by atoms with Gasteiger partial charge in [0.05, 0.1) is 17.4 Å². The number of likely N-dealkylation sites (N-methyl/N-ethyl adjacent to an activating group) is 1. The fourth-order valence-corrected chi connectivity index (χ4v) is 3.17. The van der Waals surface area contributed by atoms with Crippen molar-refractivity contribution in [1.82, 2.24) is 4.90 Å². The minimum atomic E-state index is 0.663. The van der Waals surface area contributed by atoms with E-state index in [-0.39, 0.29) is 0 Å². The van der Waals surface area contributed by atoms with E-state index in [4.69, 9.17) is 0 Å². The van der Waals surface area contributed by atoms with E-state index in [0.717, 1.165) is 6.54 Å². The van der Waals surface area contributed by atoms with Crippen molar-refractivity contribution in [3.63, 3.8) is 0 Å². The summed E-state index contributed by atoms with van der Waals surface area (Å²) in [5.74, 6) is 0. The predicted octanol–water partition coefficient (Wildman–Crippen LogP) is 1.29. The number of hydrogen-bond donors (Lipinski definition) is 1. The summed E-state index contributed by atoms with van der Waals surface area (Å²) in [6.45, 7) is 4.63. The van der Waals surface area contributed by atoms with Crippen molar-refractivity contribution in [3.8, 4) is 0 Å². The number of anilines is 2. The lowest BCUT2D eigenvalue weighted by molar-refractivity contribution is 0.270. The zero-order valence-corrected chi connectivity index (χ0v) is 9.18. The first kappa shape index (κ1) is 8.56. The van der Waals surface area contributed by atoms with E-state index < -0.39 is 0 Å². The third-order valence-corrected chi connectivity index (χ3v) is 3.90. The maximum atomic E-state index is 3.50. The molecule has 3 heterocycles. The second-order valence-corrected chi connectivity index (χ2v) is 4.90. The largest absolute Gasteiger partial charge is 0.381 e. The van der Waals surface area contributed by atoms with Gasteiger partial charge in [-0.05, 0) is 7.05 Å². The summed E-state index contributed by atoms with van der Waals surface area (Å²) in [6, 6.07) is 0.663. The molecule has 0 bridgehead atoms. The first-order valence-corrected chi connectivity index (χ1v) is 6.04. The molecule has 1 saturated heterocycles. The van der Waals surface area contributed by atoms with E-state index in [0.29, 0.717) is 6.04 Å². The van der Waals surface area contributed by atoms with Crippen LogP contribution in [0.5, 0.6) is 0 Å². The molecule has 1 atom stereocenters. The second-order valence-electron chi connectivity index (χ2n) is 4.16. The molecule has 2 aliphatic rings. The molecule has 2 aliphatic heterocycles. The number of nitrogens with zero attached hydrogens (tertiary/aromatic N) is 2. The van der Waals surface area contributed by atoms with Crippen LogP contribution in [0.4, 0.5) is 11.4 Å². The summed E-state index contributed by atoms with van der Waals surface area (Å²) >= 11 is 1.79. The monoisotopic (exact) mass is 209 g/mol. The van der Waals surface area contributed by atoms with Crippen LogP contribution in [0.2, 0.25) is 0 Å². The smallest absolute Gasteiger partial charge is 0.0714 e. The van der Waals surface area contributed by atoms with Gasteiger partial charge in [-0.25, -0.2) is 0 Å². The lowest BCUT2D eigenvalue weighted by atomic mass is 10.1. The molecule has 76 valence electrons. The standard InChI is InChI=1S/C10H15N3S/c1-12-2-3-13-8(5-12)4-11-9-6-14-7-10(9)13/h6-8,11H,2-5H2,1H3. The lowest BCUT2D eigenvalue weighted by Gasteiger charge is -2.44. The average molecular weight is 209 g/mol. The highest BCUT2D eigenvalue weighted by Crippen LogP contribution is 2.35. The Morgan fingerprint density at radius 1 is 1.43 bits per heavy atom. The van der Waals surface area contributed by atoms with Crippen molar-refractivity contribution in [2.24, 2.45) is 0 Å². The van der Waals surface area contributed by atoms with Gasteiger partial charge < -0.3 is 15.1 Å². The van der Waals surface area contributed by atoms with Crippen LogP contribution in [0.1, 0.15) is 0 Å². The molecule has 3 nitrogen and oxygen atoms in total. The maximum absolute atomic E-state index is 3.50. The van der Waals surface area contributed by atoms with Crippen LogP contribution in [0, 0.1) is 0 Å². The van der Waals surface area contributed by atoms with Gasteiger partial charge in [0.15, 0.2) is 0 Å². The van der Waals surface area contributed by atoms with Crippen LogP contribution >= 0.6 is 11.3 Å². The Morgan fingerprint density at radius 3 is 3.29 bits per heavy atom. The summed E-state index contributed by atoms with van der Waals surface area (Å²) in [5.41, 5.74) is 2.75. The van der Waals surface area contributed by atoms with Crippen LogP contribution < -0.4 is 10.2 Å². The molecule has 1 aromatic heterocycles. The van der Waals surface area contributed by atoms with Gasteiger partial charge in [-0.1, -0.05) is 0 Å².